The van der Waals surface area contributed by atoms with Crippen LogP contribution in [0.3, 0.4) is 0 Å². The largest absolute Gasteiger partial charge is 0.461 e. The number of aliphatic imine (C=N–C) groups is 1. The van der Waals surface area contributed by atoms with Gasteiger partial charge in [-0.05, 0) is 45.0 Å². The van der Waals surface area contributed by atoms with Crippen LogP contribution in [0, 0.1) is 17.1 Å². The number of anilines is 2. The van der Waals surface area contributed by atoms with E-state index in [9.17, 15) is 13.5 Å². The molecule has 1 atom stereocenters. The van der Waals surface area contributed by atoms with Gasteiger partial charge in [-0.25, -0.2) is 19.3 Å². The fourth-order valence-corrected chi connectivity index (χ4v) is 5.40. The smallest absolute Gasteiger partial charge is 0.233 e. The molecule has 1 aromatic carbocycles. The number of aromatic nitrogens is 3. The third-order valence-corrected chi connectivity index (χ3v) is 8.62. The molecular formula is C22H24FN7O3S. The number of nitrogens with one attached hydrogen (secondary N) is 1. The van der Waals surface area contributed by atoms with E-state index in [1.165, 1.54) is 30.6 Å². The Bertz CT molecular complexity index is 1340. The third kappa shape index (κ3) is 4.09. The van der Waals surface area contributed by atoms with E-state index in [1.54, 1.807) is 26.8 Å². The predicted molar refractivity (Wildman–Crippen MR) is 129 cm³/mol. The van der Waals surface area contributed by atoms with Gasteiger partial charge in [0.25, 0.3) is 0 Å². The van der Waals surface area contributed by atoms with Crippen LogP contribution < -0.4 is 15.8 Å². The Morgan fingerprint density at radius 1 is 1.26 bits per heavy atom. The summed E-state index contributed by atoms with van der Waals surface area (Å²) in [6.45, 7) is 4.69. The Morgan fingerprint density at radius 3 is 2.74 bits per heavy atom. The number of pyridine rings is 1. The number of rotatable bonds is 5. The van der Waals surface area contributed by atoms with E-state index in [0.717, 1.165) is 0 Å². The number of ether oxygens (including phenoxy) is 1. The summed E-state index contributed by atoms with van der Waals surface area (Å²) in [4.78, 5) is 17.4. The van der Waals surface area contributed by atoms with Crippen LogP contribution in [0.15, 0.2) is 41.7 Å². The maximum atomic E-state index is 14.9. The molecule has 3 aromatic rings. The molecule has 2 aromatic heterocycles. The van der Waals surface area contributed by atoms with Crippen LogP contribution in [0.4, 0.5) is 15.9 Å². The van der Waals surface area contributed by atoms with Gasteiger partial charge in [-0.2, -0.15) is 15.9 Å². The van der Waals surface area contributed by atoms with Crippen molar-refractivity contribution in [1.82, 2.24) is 15.0 Å². The third-order valence-electron chi connectivity index (χ3n) is 5.82. The van der Waals surface area contributed by atoms with Crippen LogP contribution >= 0.6 is 10.6 Å². The summed E-state index contributed by atoms with van der Waals surface area (Å²) >= 11 is 0. The van der Waals surface area contributed by atoms with Crippen molar-refractivity contribution in [1.29, 1.82) is 5.26 Å². The molecule has 0 unspecified atom stereocenters. The average Bonchev–Trinajstić information content (AvgIpc) is 2.77. The Balaban J connectivity index is 1.71. The Labute approximate surface area is 197 Å². The second-order valence-electron chi connectivity index (χ2n) is 8.59. The molecule has 0 amide bonds. The first-order valence-corrected chi connectivity index (χ1v) is 12.0. The highest BCUT2D eigenvalue weighted by Crippen LogP contribution is 2.59. The lowest BCUT2D eigenvalue weighted by Crippen LogP contribution is -2.52. The predicted octanol–water partition coefficient (Wildman–Crippen LogP) is 3.93. The molecule has 0 saturated heterocycles. The minimum atomic E-state index is -3.20. The fraction of sp³-hybridized carbons (Fsp3) is 0.318. The summed E-state index contributed by atoms with van der Waals surface area (Å²) in [6, 6.07) is 7.85. The van der Waals surface area contributed by atoms with Crippen molar-refractivity contribution in [2.24, 2.45) is 10.7 Å². The molecule has 0 bridgehead atoms. The zero-order valence-electron chi connectivity index (χ0n) is 18.8. The van der Waals surface area contributed by atoms with Crippen molar-refractivity contribution in [3.63, 3.8) is 0 Å². The number of nitrogens with zero attached hydrogens (tertiary/aromatic N) is 5. The molecule has 0 aliphatic carbocycles. The molecule has 3 heterocycles. The van der Waals surface area contributed by atoms with Gasteiger partial charge < -0.3 is 15.8 Å². The highest BCUT2D eigenvalue weighted by Gasteiger charge is 2.49. The first-order valence-electron chi connectivity index (χ1n) is 10.3. The number of halogens is 1. The molecule has 1 aliphatic heterocycles. The summed E-state index contributed by atoms with van der Waals surface area (Å²) in [5.41, 5.74) is 6.38. The van der Waals surface area contributed by atoms with Gasteiger partial charge in [0.2, 0.25) is 5.88 Å². The fourth-order valence-electron chi connectivity index (χ4n) is 3.66. The van der Waals surface area contributed by atoms with Gasteiger partial charge in [0.05, 0.1) is 17.5 Å². The molecule has 0 saturated carbocycles. The van der Waals surface area contributed by atoms with Crippen LogP contribution in [0.1, 0.15) is 26.3 Å². The zero-order chi connectivity index (χ0) is 24.7. The van der Waals surface area contributed by atoms with E-state index >= 15 is 0 Å². The van der Waals surface area contributed by atoms with E-state index in [0.29, 0.717) is 22.5 Å². The van der Waals surface area contributed by atoms with Crippen LogP contribution in [-0.4, -0.2) is 47.0 Å². The molecule has 0 spiro atoms. The SMILES string of the molecule is CC1(C)C(N)=N[C@](C)(c2cc(Nc3nccc4nc(OCC#N)cnc34)ccc2F)CS1(O)O. The van der Waals surface area contributed by atoms with E-state index in [-0.39, 0.29) is 29.6 Å². The minimum Gasteiger partial charge on any atom is -0.461 e. The van der Waals surface area contributed by atoms with Gasteiger partial charge in [0, 0.05) is 17.4 Å². The lowest BCUT2D eigenvalue weighted by Gasteiger charge is -2.53. The standard InChI is InChI=1S/C22H24FN7O3S/c1-21(2)20(25)30-22(3,12-34(21,31)32)14-10-13(4-5-15(14)23)28-19-18-16(6-8-26-19)29-17(11-27-18)33-9-7-24/h4-6,8,10-11,31-32H,9,12H2,1-3H3,(H2,25,30)(H,26,28)/t22-/m0/s1. The molecule has 34 heavy (non-hydrogen) atoms. The van der Waals surface area contributed by atoms with E-state index in [1.807, 2.05) is 6.07 Å². The molecular weight excluding hydrogens is 461 g/mol. The molecule has 10 nitrogen and oxygen atoms in total. The second-order valence-corrected chi connectivity index (χ2v) is 11.2. The van der Waals surface area contributed by atoms with Gasteiger partial charge in [0.15, 0.2) is 12.4 Å². The molecule has 1 aliphatic rings. The maximum Gasteiger partial charge on any atom is 0.233 e. The highest BCUT2D eigenvalue weighted by molar-refractivity contribution is 8.26. The highest BCUT2D eigenvalue weighted by atomic mass is 32.3. The van der Waals surface area contributed by atoms with Gasteiger partial charge in [-0.3, -0.25) is 14.1 Å². The summed E-state index contributed by atoms with van der Waals surface area (Å²) in [5, 5.41) is 11.8. The molecule has 12 heteroatoms. The Morgan fingerprint density at radius 2 is 2.03 bits per heavy atom. The average molecular weight is 486 g/mol. The van der Waals surface area contributed by atoms with Crippen LogP contribution in [-0.2, 0) is 5.54 Å². The molecule has 0 radical (unpaired) electrons. The van der Waals surface area contributed by atoms with Gasteiger partial charge in [0.1, 0.15) is 33.5 Å². The normalized spacial score (nSPS) is 21.9. The van der Waals surface area contributed by atoms with Gasteiger partial charge in [-0.1, -0.05) is 0 Å². The van der Waals surface area contributed by atoms with Crippen LogP contribution in [0.2, 0.25) is 0 Å². The molecule has 4 rings (SSSR count). The number of amidine groups is 1. The van der Waals surface area contributed by atoms with Crippen molar-refractivity contribution in [2.75, 3.05) is 17.7 Å². The van der Waals surface area contributed by atoms with Crippen molar-refractivity contribution < 1.29 is 18.2 Å². The number of hydrogen-bond acceptors (Lipinski definition) is 10. The van der Waals surface area contributed by atoms with Crippen LogP contribution in [0.5, 0.6) is 5.88 Å². The minimum absolute atomic E-state index is 0.0550. The maximum absolute atomic E-state index is 14.9. The summed E-state index contributed by atoms with van der Waals surface area (Å²) in [7, 11) is -3.20. The number of fused-ring (bicyclic) bond motifs is 1. The summed E-state index contributed by atoms with van der Waals surface area (Å²) < 4.78 is 40.5. The van der Waals surface area contributed by atoms with Crippen molar-refractivity contribution in [3.8, 4) is 11.9 Å². The van der Waals surface area contributed by atoms with Gasteiger partial charge >= 0.3 is 0 Å². The lowest BCUT2D eigenvalue weighted by molar-refractivity contribution is 0.353. The van der Waals surface area contributed by atoms with Crippen LogP contribution in [0.25, 0.3) is 11.0 Å². The van der Waals surface area contributed by atoms with E-state index in [2.05, 4.69) is 25.3 Å². The topological polar surface area (TPSA) is 163 Å². The zero-order valence-corrected chi connectivity index (χ0v) is 19.6. The summed E-state index contributed by atoms with van der Waals surface area (Å²) in [5.74, 6) is -0.0873. The number of nitrogens with two attached hydrogens (primary N) is 1. The first kappa shape index (κ1) is 23.6. The number of nitriles is 1. The monoisotopic (exact) mass is 485 g/mol. The Hall–Kier alpha value is -3.53. The Kier molecular flexibility index (Phi) is 5.80. The molecule has 5 N–H and O–H groups in total. The van der Waals surface area contributed by atoms with Gasteiger partial charge in [-0.15, -0.1) is 0 Å². The van der Waals surface area contributed by atoms with Crippen molar-refractivity contribution in [2.45, 2.75) is 31.1 Å². The molecule has 178 valence electrons. The van der Waals surface area contributed by atoms with E-state index in [4.69, 9.17) is 15.7 Å². The lowest BCUT2D eigenvalue weighted by atomic mass is 9.92. The second kappa shape index (κ2) is 8.35. The summed E-state index contributed by atoms with van der Waals surface area (Å²) in [6.07, 6.45) is 2.92. The molecule has 0 fully saturated rings. The van der Waals surface area contributed by atoms with Crippen molar-refractivity contribution in [3.05, 3.63) is 48.0 Å². The number of benzene rings is 1. The number of hydrogen-bond donors (Lipinski definition) is 4. The van der Waals surface area contributed by atoms with E-state index < -0.39 is 26.7 Å². The quantitative estimate of drug-likeness (QED) is 0.419. The first-order chi connectivity index (χ1) is 16.0. The van der Waals surface area contributed by atoms with Crippen molar-refractivity contribution >= 4 is 39.0 Å².